The molecule has 3 aromatic rings. The number of hydrazone groups is 1. The van der Waals surface area contributed by atoms with Crippen LogP contribution < -0.4 is 14.9 Å². The summed E-state index contributed by atoms with van der Waals surface area (Å²) in [7, 11) is 0. The number of nitro groups is 1. The minimum atomic E-state index is -0.443. The SMILES string of the molecule is CCOc1cc(/C=N\NC(=O)Cc2ccc(C(C)(C)C)cc2)cc(Br)c1OCc1ccc([N+](=O)[O-])cc1. The van der Waals surface area contributed by atoms with E-state index in [1.54, 1.807) is 24.3 Å². The molecule has 0 aliphatic rings. The first-order valence-electron chi connectivity index (χ1n) is 11.8. The van der Waals surface area contributed by atoms with Crippen molar-refractivity contribution in [1.29, 1.82) is 0 Å². The third-order valence-corrected chi connectivity index (χ3v) is 6.04. The number of carbonyl (C=O) groups excluding carboxylic acids is 1. The summed E-state index contributed by atoms with van der Waals surface area (Å²) in [4.78, 5) is 22.7. The maximum atomic E-state index is 12.3. The highest BCUT2D eigenvalue weighted by Crippen LogP contribution is 2.37. The Hall–Kier alpha value is -3.72. The molecule has 0 saturated carbocycles. The van der Waals surface area contributed by atoms with E-state index in [1.807, 2.05) is 31.2 Å². The average Bonchev–Trinajstić information content (AvgIpc) is 2.84. The van der Waals surface area contributed by atoms with Gasteiger partial charge in [0, 0.05) is 12.1 Å². The lowest BCUT2D eigenvalue weighted by atomic mass is 9.86. The number of ether oxygens (including phenoxy) is 2. The Balaban J connectivity index is 1.63. The van der Waals surface area contributed by atoms with Crippen LogP contribution in [0.2, 0.25) is 0 Å². The average molecular weight is 568 g/mol. The zero-order valence-corrected chi connectivity index (χ0v) is 22.9. The molecule has 37 heavy (non-hydrogen) atoms. The molecule has 0 aliphatic carbocycles. The zero-order chi connectivity index (χ0) is 27.0. The van der Waals surface area contributed by atoms with Gasteiger partial charge in [0.2, 0.25) is 5.91 Å². The van der Waals surface area contributed by atoms with Crippen LogP contribution in [0.25, 0.3) is 0 Å². The number of nitro benzene ring substituents is 1. The van der Waals surface area contributed by atoms with Gasteiger partial charge in [-0.1, -0.05) is 45.0 Å². The van der Waals surface area contributed by atoms with Crippen LogP contribution in [0, 0.1) is 10.1 Å². The molecule has 194 valence electrons. The molecular weight excluding hydrogens is 538 g/mol. The monoisotopic (exact) mass is 567 g/mol. The molecule has 0 fully saturated rings. The lowest BCUT2D eigenvalue weighted by Crippen LogP contribution is -2.20. The molecule has 9 heteroatoms. The van der Waals surface area contributed by atoms with Gasteiger partial charge in [0.05, 0.1) is 28.6 Å². The minimum Gasteiger partial charge on any atom is -0.490 e. The van der Waals surface area contributed by atoms with E-state index in [9.17, 15) is 14.9 Å². The molecule has 1 amide bonds. The molecular formula is C28H30BrN3O5. The summed E-state index contributed by atoms with van der Waals surface area (Å²) >= 11 is 3.51. The Kier molecular flexibility index (Phi) is 9.41. The van der Waals surface area contributed by atoms with E-state index in [1.165, 1.54) is 23.9 Å². The predicted octanol–water partition coefficient (Wildman–Crippen LogP) is 6.33. The lowest BCUT2D eigenvalue weighted by Gasteiger charge is -2.19. The van der Waals surface area contributed by atoms with Gasteiger partial charge in [0.25, 0.3) is 5.69 Å². The molecule has 0 saturated heterocycles. The maximum Gasteiger partial charge on any atom is 0.269 e. The van der Waals surface area contributed by atoms with Gasteiger partial charge in [-0.25, -0.2) is 5.43 Å². The van der Waals surface area contributed by atoms with Crippen LogP contribution in [0.4, 0.5) is 5.69 Å². The molecule has 3 rings (SSSR count). The van der Waals surface area contributed by atoms with Gasteiger partial charge in [0.1, 0.15) is 6.61 Å². The fourth-order valence-corrected chi connectivity index (χ4v) is 4.04. The Morgan fingerprint density at radius 2 is 1.70 bits per heavy atom. The van der Waals surface area contributed by atoms with Gasteiger partial charge in [0.15, 0.2) is 11.5 Å². The van der Waals surface area contributed by atoms with Gasteiger partial charge < -0.3 is 9.47 Å². The van der Waals surface area contributed by atoms with E-state index >= 15 is 0 Å². The molecule has 3 aromatic carbocycles. The summed E-state index contributed by atoms with van der Waals surface area (Å²) in [5, 5.41) is 14.9. The second kappa shape index (κ2) is 12.5. The van der Waals surface area contributed by atoms with Crippen molar-refractivity contribution in [1.82, 2.24) is 5.43 Å². The summed E-state index contributed by atoms with van der Waals surface area (Å²) in [5.74, 6) is 0.789. The molecule has 0 aliphatic heterocycles. The molecule has 0 atom stereocenters. The normalized spacial score (nSPS) is 11.4. The number of hydrogen-bond acceptors (Lipinski definition) is 6. The van der Waals surface area contributed by atoms with E-state index in [0.29, 0.717) is 28.1 Å². The van der Waals surface area contributed by atoms with E-state index in [-0.39, 0.29) is 30.0 Å². The summed E-state index contributed by atoms with van der Waals surface area (Å²) in [6, 6.07) is 17.8. The number of nitrogens with zero attached hydrogens (tertiary/aromatic N) is 2. The maximum absolute atomic E-state index is 12.3. The molecule has 0 unspecified atom stereocenters. The first kappa shape index (κ1) is 27.9. The third-order valence-electron chi connectivity index (χ3n) is 5.45. The van der Waals surface area contributed by atoms with Crippen molar-refractivity contribution < 1.29 is 19.2 Å². The lowest BCUT2D eigenvalue weighted by molar-refractivity contribution is -0.384. The largest absolute Gasteiger partial charge is 0.490 e. The molecule has 0 radical (unpaired) electrons. The molecule has 0 bridgehead atoms. The number of nitrogens with one attached hydrogen (secondary N) is 1. The highest BCUT2D eigenvalue weighted by atomic mass is 79.9. The summed E-state index contributed by atoms with van der Waals surface area (Å²) < 4.78 is 12.3. The fraction of sp³-hybridized carbons (Fsp3) is 0.286. The van der Waals surface area contributed by atoms with Crippen molar-refractivity contribution in [2.24, 2.45) is 5.10 Å². The van der Waals surface area contributed by atoms with E-state index < -0.39 is 4.92 Å². The minimum absolute atomic E-state index is 0.0223. The zero-order valence-electron chi connectivity index (χ0n) is 21.3. The van der Waals surface area contributed by atoms with Crippen LogP contribution in [0.15, 0.2) is 70.2 Å². The van der Waals surface area contributed by atoms with Crippen molar-refractivity contribution in [2.45, 2.75) is 46.1 Å². The Morgan fingerprint density at radius 3 is 2.30 bits per heavy atom. The third kappa shape index (κ3) is 8.15. The molecule has 0 heterocycles. The van der Waals surface area contributed by atoms with Crippen molar-refractivity contribution in [3.63, 3.8) is 0 Å². The number of amides is 1. The molecule has 8 nitrogen and oxygen atoms in total. The first-order chi connectivity index (χ1) is 17.6. The van der Waals surface area contributed by atoms with Crippen LogP contribution in [-0.4, -0.2) is 23.7 Å². The number of non-ortho nitro benzene ring substituents is 1. The van der Waals surface area contributed by atoms with Crippen LogP contribution >= 0.6 is 15.9 Å². The Bertz CT molecular complexity index is 1270. The van der Waals surface area contributed by atoms with Gasteiger partial charge in [-0.05, 0) is 74.8 Å². The van der Waals surface area contributed by atoms with Crippen molar-refractivity contribution in [3.05, 3.63) is 97.5 Å². The quantitative estimate of drug-likeness (QED) is 0.175. The fourth-order valence-electron chi connectivity index (χ4n) is 3.46. The highest BCUT2D eigenvalue weighted by Gasteiger charge is 2.14. The molecule has 0 aromatic heterocycles. The Labute approximate surface area is 225 Å². The summed E-state index contributed by atoms with van der Waals surface area (Å²) in [6.45, 7) is 8.94. The van der Waals surface area contributed by atoms with Gasteiger partial charge in [-0.3, -0.25) is 14.9 Å². The van der Waals surface area contributed by atoms with Gasteiger partial charge in [-0.2, -0.15) is 5.10 Å². The molecule has 0 spiro atoms. The van der Waals surface area contributed by atoms with Crippen molar-refractivity contribution in [2.75, 3.05) is 6.61 Å². The van der Waals surface area contributed by atoms with Crippen molar-refractivity contribution >= 4 is 33.7 Å². The van der Waals surface area contributed by atoms with Gasteiger partial charge in [-0.15, -0.1) is 0 Å². The van der Waals surface area contributed by atoms with Crippen LogP contribution in [0.1, 0.15) is 49.9 Å². The van der Waals surface area contributed by atoms with E-state index in [0.717, 1.165) is 11.1 Å². The van der Waals surface area contributed by atoms with Crippen LogP contribution in [-0.2, 0) is 23.2 Å². The standard InChI is InChI=1S/C28H30BrN3O5/c1-5-36-25-15-21(14-24(29)27(25)37-18-20-8-12-23(13-9-20)32(34)35)17-30-31-26(33)16-19-6-10-22(11-7-19)28(2,3)4/h6-15,17H,5,16,18H2,1-4H3,(H,31,33)/b30-17-. The highest BCUT2D eigenvalue weighted by molar-refractivity contribution is 9.10. The summed E-state index contributed by atoms with van der Waals surface area (Å²) in [5.41, 5.74) is 6.25. The Morgan fingerprint density at radius 1 is 1.05 bits per heavy atom. The number of halogens is 1. The predicted molar refractivity (Wildman–Crippen MR) is 147 cm³/mol. The number of hydrogen-bond donors (Lipinski definition) is 1. The first-order valence-corrected chi connectivity index (χ1v) is 12.6. The topological polar surface area (TPSA) is 103 Å². The second-order valence-electron chi connectivity index (χ2n) is 9.39. The van der Waals surface area contributed by atoms with Crippen molar-refractivity contribution in [3.8, 4) is 11.5 Å². The van der Waals surface area contributed by atoms with E-state index in [4.69, 9.17) is 9.47 Å². The summed E-state index contributed by atoms with van der Waals surface area (Å²) in [6.07, 6.45) is 1.76. The van der Waals surface area contributed by atoms with Crippen LogP contribution in [0.3, 0.4) is 0 Å². The van der Waals surface area contributed by atoms with Gasteiger partial charge >= 0.3 is 0 Å². The van der Waals surface area contributed by atoms with E-state index in [2.05, 4.69) is 47.2 Å². The molecule has 1 N–H and O–H groups in total. The number of benzene rings is 3. The number of rotatable bonds is 10. The smallest absolute Gasteiger partial charge is 0.269 e. The number of carbonyl (C=O) groups is 1. The second-order valence-corrected chi connectivity index (χ2v) is 10.2. The van der Waals surface area contributed by atoms with Crippen LogP contribution in [0.5, 0.6) is 11.5 Å².